The molecule has 0 heterocycles. The number of hydrogen-bond acceptors (Lipinski definition) is 2. The van der Waals surface area contributed by atoms with Crippen LogP contribution in [0.15, 0.2) is 25.3 Å². The third-order valence-electron chi connectivity index (χ3n) is 0.349. The van der Waals surface area contributed by atoms with Crippen LogP contribution < -0.4 is 0 Å². The molecule has 0 aromatic heterocycles. The SMILES string of the molecule is C=CC(=O)O.C=CC(=O)O.C[SiH2]C. The molecule has 0 aliphatic carbocycles. The molecule has 0 aliphatic heterocycles. The monoisotopic (exact) mass is 204 g/mol. The van der Waals surface area contributed by atoms with E-state index in [1.54, 1.807) is 0 Å². The Labute approximate surface area is 80.4 Å². The molecule has 0 radical (unpaired) electrons. The molecule has 0 fully saturated rings. The summed E-state index contributed by atoms with van der Waals surface area (Å²) in [6.45, 7) is 10.4. The highest BCUT2D eigenvalue weighted by Gasteiger charge is 1.73. The van der Waals surface area contributed by atoms with E-state index >= 15 is 0 Å². The van der Waals surface area contributed by atoms with Crippen molar-refractivity contribution in [3.8, 4) is 0 Å². The molecular weight excluding hydrogens is 188 g/mol. The highest BCUT2D eigenvalue weighted by molar-refractivity contribution is 6.31. The van der Waals surface area contributed by atoms with E-state index in [0.717, 1.165) is 12.2 Å². The molecule has 0 spiro atoms. The second-order valence-corrected chi connectivity index (χ2v) is 3.21. The molecule has 0 atom stereocenters. The van der Waals surface area contributed by atoms with Gasteiger partial charge in [0, 0.05) is 21.7 Å². The van der Waals surface area contributed by atoms with Crippen LogP contribution in [0.4, 0.5) is 0 Å². The van der Waals surface area contributed by atoms with Gasteiger partial charge in [0.05, 0.1) is 0 Å². The van der Waals surface area contributed by atoms with Crippen molar-refractivity contribution in [2.75, 3.05) is 0 Å². The van der Waals surface area contributed by atoms with Crippen LogP contribution in [-0.4, -0.2) is 31.7 Å². The van der Waals surface area contributed by atoms with Crippen LogP contribution in [0.1, 0.15) is 0 Å². The van der Waals surface area contributed by atoms with E-state index < -0.39 is 11.9 Å². The van der Waals surface area contributed by atoms with Crippen LogP contribution in [0.3, 0.4) is 0 Å². The first kappa shape index (κ1) is 17.7. The van der Waals surface area contributed by atoms with Gasteiger partial charge in [0.25, 0.3) is 0 Å². The van der Waals surface area contributed by atoms with E-state index in [2.05, 4.69) is 26.3 Å². The summed E-state index contributed by atoms with van der Waals surface area (Å²) >= 11 is 0. The predicted octanol–water partition coefficient (Wildman–Crippen LogP) is 0.765. The first-order chi connectivity index (χ1) is 5.95. The number of hydrogen-bond donors (Lipinski definition) is 2. The average Bonchev–Trinajstić information content (AvgIpc) is 2.07. The first-order valence-electron chi connectivity index (χ1n) is 3.66. The average molecular weight is 204 g/mol. The minimum absolute atomic E-state index is 0.417. The molecule has 5 heteroatoms. The van der Waals surface area contributed by atoms with Crippen molar-refractivity contribution >= 4 is 21.5 Å². The van der Waals surface area contributed by atoms with Crippen molar-refractivity contribution in [1.82, 2.24) is 0 Å². The van der Waals surface area contributed by atoms with E-state index in [4.69, 9.17) is 10.2 Å². The van der Waals surface area contributed by atoms with Gasteiger partial charge in [-0.15, -0.1) is 0 Å². The van der Waals surface area contributed by atoms with Crippen molar-refractivity contribution in [2.45, 2.75) is 13.1 Å². The van der Waals surface area contributed by atoms with Crippen molar-refractivity contribution in [3.05, 3.63) is 25.3 Å². The lowest BCUT2D eigenvalue weighted by Gasteiger charge is -1.64. The van der Waals surface area contributed by atoms with Crippen molar-refractivity contribution in [2.24, 2.45) is 0 Å². The third-order valence-corrected chi connectivity index (χ3v) is 0.349. The fraction of sp³-hybridized carbons (Fsp3) is 0.250. The second kappa shape index (κ2) is 16.9. The van der Waals surface area contributed by atoms with Crippen LogP contribution in [0.5, 0.6) is 0 Å². The van der Waals surface area contributed by atoms with Crippen LogP contribution in [0.2, 0.25) is 13.1 Å². The Kier molecular flexibility index (Phi) is 23.0. The van der Waals surface area contributed by atoms with E-state index in [1.807, 2.05) is 0 Å². The standard InChI is InChI=1S/2C3H4O2.C2H8Si/c2*1-2-3(4)5;1-3-2/h2*2H,1H2,(H,4,5);3H2,1-2H3. The summed E-state index contributed by atoms with van der Waals surface area (Å²) in [5.41, 5.74) is 0. The summed E-state index contributed by atoms with van der Waals surface area (Å²) in [4.78, 5) is 18.5. The molecular formula is C8H16O4Si. The van der Waals surface area contributed by atoms with Gasteiger partial charge in [-0.1, -0.05) is 26.3 Å². The molecule has 0 aliphatic rings. The van der Waals surface area contributed by atoms with Gasteiger partial charge in [-0.3, -0.25) is 0 Å². The Hall–Kier alpha value is -1.36. The Morgan fingerprint density at radius 3 is 1.15 bits per heavy atom. The summed E-state index contributed by atoms with van der Waals surface area (Å²) < 4.78 is 0. The summed E-state index contributed by atoms with van der Waals surface area (Å²) in [7, 11) is 0.417. The molecule has 0 saturated heterocycles. The van der Waals surface area contributed by atoms with Gasteiger partial charge in [-0.05, 0) is 0 Å². The summed E-state index contributed by atoms with van der Waals surface area (Å²) in [5.74, 6) is -1.96. The highest BCUT2D eigenvalue weighted by atomic mass is 28.2. The van der Waals surface area contributed by atoms with Gasteiger partial charge < -0.3 is 10.2 Å². The van der Waals surface area contributed by atoms with Crippen LogP contribution in [-0.2, 0) is 9.59 Å². The Morgan fingerprint density at radius 2 is 1.15 bits per heavy atom. The lowest BCUT2D eigenvalue weighted by molar-refractivity contribution is -0.132. The number of carboxylic acid groups (broad SMARTS) is 2. The molecule has 0 amide bonds. The van der Waals surface area contributed by atoms with Crippen LogP contribution in [0.25, 0.3) is 0 Å². The number of aliphatic carboxylic acids is 2. The van der Waals surface area contributed by atoms with E-state index in [0.29, 0.717) is 9.52 Å². The normalized spacial score (nSPS) is 6.31. The zero-order chi connectivity index (χ0) is 11.3. The zero-order valence-corrected chi connectivity index (χ0v) is 9.40. The number of carbonyl (C=O) groups is 2. The number of rotatable bonds is 2. The predicted molar refractivity (Wildman–Crippen MR) is 55.9 cm³/mol. The molecule has 2 N–H and O–H groups in total. The molecule has 0 bridgehead atoms. The Balaban J connectivity index is -0.000000120. The van der Waals surface area contributed by atoms with Crippen LogP contribution in [0, 0.1) is 0 Å². The van der Waals surface area contributed by atoms with Gasteiger partial charge in [0.2, 0.25) is 0 Å². The third kappa shape index (κ3) is 114. The zero-order valence-electron chi connectivity index (χ0n) is 7.99. The molecule has 13 heavy (non-hydrogen) atoms. The second-order valence-electron chi connectivity index (χ2n) is 1.79. The van der Waals surface area contributed by atoms with Crippen LogP contribution >= 0.6 is 0 Å². The lowest BCUT2D eigenvalue weighted by Crippen LogP contribution is -1.82. The van der Waals surface area contributed by atoms with Gasteiger partial charge in [-0.25, -0.2) is 9.59 Å². The highest BCUT2D eigenvalue weighted by Crippen LogP contribution is 1.55. The van der Waals surface area contributed by atoms with Gasteiger partial charge in [0.15, 0.2) is 0 Å². The van der Waals surface area contributed by atoms with Gasteiger partial charge in [-0.2, -0.15) is 0 Å². The number of carboxylic acids is 2. The molecule has 76 valence electrons. The molecule has 0 aromatic rings. The summed E-state index contributed by atoms with van der Waals surface area (Å²) in [6, 6.07) is 0. The maximum absolute atomic E-state index is 9.25. The van der Waals surface area contributed by atoms with E-state index in [9.17, 15) is 9.59 Å². The van der Waals surface area contributed by atoms with Gasteiger partial charge >= 0.3 is 11.9 Å². The van der Waals surface area contributed by atoms with E-state index in [1.165, 1.54) is 0 Å². The van der Waals surface area contributed by atoms with Crippen molar-refractivity contribution < 1.29 is 19.8 Å². The first-order valence-corrected chi connectivity index (χ1v) is 6.49. The fourth-order valence-corrected chi connectivity index (χ4v) is 0. The largest absolute Gasteiger partial charge is 0.478 e. The summed E-state index contributed by atoms with van der Waals surface area (Å²) in [5, 5.41) is 15.2. The van der Waals surface area contributed by atoms with Crippen molar-refractivity contribution in [3.63, 3.8) is 0 Å². The molecule has 0 saturated carbocycles. The quantitative estimate of drug-likeness (QED) is 0.514. The maximum Gasteiger partial charge on any atom is 0.327 e. The summed E-state index contributed by atoms with van der Waals surface area (Å²) in [6.07, 6.45) is 1.67. The topological polar surface area (TPSA) is 74.6 Å². The smallest absolute Gasteiger partial charge is 0.327 e. The lowest BCUT2D eigenvalue weighted by atomic mass is 10.7. The molecule has 0 rings (SSSR count). The van der Waals surface area contributed by atoms with Gasteiger partial charge in [0.1, 0.15) is 0 Å². The molecule has 0 aromatic carbocycles. The molecule has 4 nitrogen and oxygen atoms in total. The molecule has 0 unspecified atom stereocenters. The minimum atomic E-state index is -0.981. The fourth-order valence-electron chi connectivity index (χ4n) is 0. The Morgan fingerprint density at radius 1 is 1.08 bits per heavy atom. The van der Waals surface area contributed by atoms with Crippen molar-refractivity contribution in [1.29, 1.82) is 0 Å². The van der Waals surface area contributed by atoms with E-state index in [-0.39, 0.29) is 0 Å². The maximum atomic E-state index is 9.25. The minimum Gasteiger partial charge on any atom is -0.478 e. The Bertz CT molecular complexity index is 148.